The molecule has 0 aromatic heterocycles. The Morgan fingerprint density at radius 3 is 3.07 bits per heavy atom. The Kier molecular flexibility index (Phi) is 1.89. The highest BCUT2D eigenvalue weighted by molar-refractivity contribution is 5.94. The van der Waals surface area contributed by atoms with Gasteiger partial charge in [0.1, 0.15) is 5.78 Å². The minimum absolute atomic E-state index is 0.222. The molecule has 0 amide bonds. The summed E-state index contributed by atoms with van der Waals surface area (Å²) >= 11 is 0. The molecule has 14 heavy (non-hydrogen) atoms. The van der Waals surface area contributed by atoms with Crippen LogP contribution in [0, 0.1) is 16.7 Å². The highest BCUT2D eigenvalue weighted by Crippen LogP contribution is 2.43. The van der Waals surface area contributed by atoms with Gasteiger partial charge in [0.2, 0.25) is 0 Å². The summed E-state index contributed by atoms with van der Waals surface area (Å²) in [6.07, 6.45) is 8.68. The topological polar surface area (TPSA) is 40.9 Å². The van der Waals surface area contributed by atoms with Gasteiger partial charge in [-0.2, -0.15) is 5.26 Å². The van der Waals surface area contributed by atoms with E-state index in [9.17, 15) is 4.79 Å². The van der Waals surface area contributed by atoms with Crippen molar-refractivity contribution in [1.82, 2.24) is 0 Å². The van der Waals surface area contributed by atoms with E-state index in [2.05, 4.69) is 6.07 Å². The largest absolute Gasteiger partial charge is 0.298 e. The molecule has 0 saturated heterocycles. The monoisotopic (exact) mass is 185 g/mol. The predicted octanol–water partition coefficient (Wildman–Crippen LogP) is 2.30. The molecule has 0 fully saturated rings. The van der Waals surface area contributed by atoms with Crippen LogP contribution in [-0.4, -0.2) is 5.78 Å². The summed E-state index contributed by atoms with van der Waals surface area (Å²) in [5, 5.41) is 8.96. The van der Waals surface area contributed by atoms with E-state index in [4.69, 9.17) is 5.26 Å². The zero-order valence-electron chi connectivity index (χ0n) is 8.08. The van der Waals surface area contributed by atoms with E-state index in [1.807, 2.05) is 25.2 Å². The second kappa shape index (κ2) is 2.95. The Balaban J connectivity index is 2.54. The van der Waals surface area contributed by atoms with Crippen molar-refractivity contribution in [2.45, 2.75) is 19.8 Å². The van der Waals surface area contributed by atoms with E-state index >= 15 is 0 Å². The highest BCUT2D eigenvalue weighted by atomic mass is 16.1. The molecule has 0 spiro atoms. The van der Waals surface area contributed by atoms with Crippen molar-refractivity contribution >= 4 is 5.78 Å². The third-order valence-corrected chi connectivity index (χ3v) is 3.04. The number of rotatable bonds is 0. The van der Waals surface area contributed by atoms with Crippen LogP contribution in [0.1, 0.15) is 19.8 Å². The smallest absolute Gasteiger partial charge is 0.147 e. The third-order valence-electron chi connectivity index (χ3n) is 3.04. The first kappa shape index (κ1) is 8.96. The van der Waals surface area contributed by atoms with E-state index in [0.717, 1.165) is 5.57 Å². The SMILES string of the molecule is CC12CC=CC=C(C#N)C1=CCC2=O. The number of ketones is 1. The first-order valence-electron chi connectivity index (χ1n) is 4.70. The molecule has 2 heteroatoms. The summed E-state index contributed by atoms with van der Waals surface area (Å²) in [4.78, 5) is 11.7. The Morgan fingerprint density at radius 2 is 2.36 bits per heavy atom. The average Bonchev–Trinajstić information content (AvgIpc) is 2.37. The van der Waals surface area contributed by atoms with Crippen molar-refractivity contribution in [2.75, 3.05) is 0 Å². The van der Waals surface area contributed by atoms with Gasteiger partial charge in [-0.05, 0) is 25.0 Å². The Hall–Kier alpha value is -1.62. The second-order valence-electron chi connectivity index (χ2n) is 3.90. The Bertz CT molecular complexity index is 420. The number of carbonyl (C=O) groups is 1. The van der Waals surface area contributed by atoms with Crippen molar-refractivity contribution in [3.63, 3.8) is 0 Å². The molecule has 0 radical (unpaired) electrons. The van der Waals surface area contributed by atoms with Gasteiger partial charge in [-0.25, -0.2) is 0 Å². The molecule has 0 aromatic carbocycles. The van der Waals surface area contributed by atoms with Crippen LogP contribution in [0.3, 0.4) is 0 Å². The first-order chi connectivity index (χ1) is 6.68. The lowest BCUT2D eigenvalue weighted by Gasteiger charge is -2.23. The number of Topliss-reactive ketones (excluding diaryl/α,β-unsaturated/α-hetero) is 1. The minimum atomic E-state index is -0.450. The molecule has 0 bridgehead atoms. The fourth-order valence-corrected chi connectivity index (χ4v) is 2.08. The maximum absolute atomic E-state index is 11.7. The second-order valence-corrected chi connectivity index (χ2v) is 3.90. The Morgan fingerprint density at radius 1 is 1.57 bits per heavy atom. The molecule has 0 saturated carbocycles. The van der Waals surface area contributed by atoms with Crippen molar-refractivity contribution in [2.24, 2.45) is 5.41 Å². The number of nitrogens with zero attached hydrogens (tertiary/aromatic N) is 1. The van der Waals surface area contributed by atoms with Crippen LogP contribution in [0.4, 0.5) is 0 Å². The van der Waals surface area contributed by atoms with Gasteiger partial charge in [-0.15, -0.1) is 0 Å². The molecule has 2 aliphatic carbocycles. The van der Waals surface area contributed by atoms with E-state index in [0.29, 0.717) is 18.4 Å². The van der Waals surface area contributed by atoms with E-state index < -0.39 is 5.41 Å². The number of hydrogen-bond donors (Lipinski definition) is 0. The third kappa shape index (κ3) is 1.06. The molecule has 1 atom stereocenters. The lowest BCUT2D eigenvalue weighted by atomic mass is 9.77. The highest BCUT2D eigenvalue weighted by Gasteiger charge is 2.41. The van der Waals surface area contributed by atoms with Gasteiger partial charge in [0, 0.05) is 6.42 Å². The summed E-state index contributed by atoms with van der Waals surface area (Å²) in [6.45, 7) is 1.93. The molecule has 0 heterocycles. The van der Waals surface area contributed by atoms with Gasteiger partial charge in [0.05, 0.1) is 17.1 Å². The molecule has 0 aliphatic heterocycles. The van der Waals surface area contributed by atoms with Gasteiger partial charge in [0.25, 0.3) is 0 Å². The molecule has 2 rings (SSSR count). The summed E-state index contributed by atoms with van der Waals surface area (Å²) in [7, 11) is 0. The predicted molar refractivity (Wildman–Crippen MR) is 53.3 cm³/mol. The molecular weight excluding hydrogens is 174 g/mol. The van der Waals surface area contributed by atoms with Gasteiger partial charge < -0.3 is 0 Å². The van der Waals surface area contributed by atoms with Gasteiger partial charge >= 0.3 is 0 Å². The van der Waals surface area contributed by atoms with E-state index in [1.54, 1.807) is 6.08 Å². The standard InChI is InChI=1S/C12H11NO/c1-12-7-3-2-4-9(8-13)10(12)5-6-11(12)14/h2-5H,6-7H2,1H3. The minimum Gasteiger partial charge on any atom is -0.298 e. The molecule has 70 valence electrons. The van der Waals surface area contributed by atoms with Crippen LogP contribution >= 0.6 is 0 Å². The van der Waals surface area contributed by atoms with Crippen LogP contribution in [0.2, 0.25) is 0 Å². The lowest BCUT2D eigenvalue weighted by Crippen LogP contribution is -2.24. The number of carbonyl (C=O) groups excluding carboxylic acids is 1. The maximum atomic E-state index is 11.7. The Labute approximate surface area is 83.2 Å². The molecule has 1 unspecified atom stereocenters. The fourth-order valence-electron chi connectivity index (χ4n) is 2.08. The molecule has 0 N–H and O–H groups in total. The summed E-state index contributed by atoms with van der Waals surface area (Å²) in [5.41, 5.74) is 1.09. The number of allylic oxidation sites excluding steroid dienone is 6. The number of fused-ring (bicyclic) bond motifs is 1. The van der Waals surface area contributed by atoms with Crippen molar-refractivity contribution < 1.29 is 4.79 Å². The van der Waals surface area contributed by atoms with E-state index in [-0.39, 0.29) is 5.78 Å². The van der Waals surface area contributed by atoms with Crippen LogP contribution in [0.5, 0.6) is 0 Å². The summed E-state index contributed by atoms with van der Waals surface area (Å²) in [6, 6.07) is 2.15. The van der Waals surface area contributed by atoms with Crippen molar-refractivity contribution in [1.29, 1.82) is 5.26 Å². The normalized spacial score (nSPS) is 30.1. The fraction of sp³-hybridized carbons (Fsp3) is 0.333. The zero-order valence-corrected chi connectivity index (χ0v) is 8.08. The first-order valence-corrected chi connectivity index (χ1v) is 4.70. The molecule has 0 aromatic rings. The van der Waals surface area contributed by atoms with Crippen molar-refractivity contribution in [3.8, 4) is 6.07 Å². The maximum Gasteiger partial charge on any atom is 0.147 e. The molecule has 2 aliphatic rings. The summed E-state index contributed by atoms with van der Waals surface area (Å²) in [5.74, 6) is 0.222. The van der Waals surface area contributed by atoms with E-state index in [1.165, 1.54) is 0 Å². The van der Waals surface area contributed by atoms with Gasteiger partial charge in [-0.3, -0.25) is 4.79 Å². The van der Waals surface area contributed by atoms with Crippen LogP contribution in [0.15, 0.2) is 35.5 Å². The summed E-state index contributed by atoms with van der Waals surface area (Å²) < 4.78 is 0. The average molecular weight is 185 g/mol. The molecular formula is C12H11NO. The quantitative estimate of drug-likeness (QED) is 0.581. The number of nitriles is 1. The lowest BCUT2D eigenvalue weighted by molar-refractivity contribution is -0.124. The van der Waals surface area contributed by atoms with Crippen LogP contribution in [-0.2, 0) is 4.79 Å². The number of hydrogen-bond acceptors (Lipinski definition) is 2. The van der Waals surface area contributed by atoms with Crippen LogP contribution < -0.4 is 0 Å². The van der Waals surface area contributed by atoms with Crippen molar-refractivity contribution in [3.05, 3.63) is 35.5 Å². The zero-order chi connectivity index (χ0) is 10.2. The van der Waals surface area contributed by atoms with Gasteiger partial charge in [-0.1, -0.05) is 18.2 Å². The van der Waals surface area contributed by atoms with Crippen LogP contribution in [0.25, 0.3) is 0 Å². The van der Waals surface area contributed by atoms with Gasteiger partial charge in [0.15, 0.2) is 0 Å². The molecule has 2 nitrogen and oxygen atoms in total.